The largest absolute Gasteiger partial charge is 0.438 e. The standard InChI is InChI=1S/C10H10ClNO2/c11-8-3-1-2-7(6-8)10(4-5-10)14-9(12)13/h1-3,6H,4-5H2,(H2,12,13). The van der Waals surface area contributed by atoms with Crippen LogP contribution in [-0.4, -0.2) is 6.09 Å². The van der Waals surface area contributed by atoms with E-state index in [4.69, 9.17) is 22.1 Å². The predicted octanol–water partition coefficient (Wildman–Crippen LogP) is 2.42. The zero-order valence-corrected chi connectivity index (χ0v) is 8.25. The van der Waals surface area contributed by atoms with E-state index in [1.54, 1.807) is 12.1 Å². The summed E-state index contributed by atoms with van der Waals surface area (Å²) in [6.07, 6.45) is 0.898. The molecule has 0 aliphatic heterocycles. The normalized spacial score (nSPS) is 17.5. The molecule has 0 spiro atoms. The molecule has 1 saturated carbocycles. The van der Waals surface area contributed by atoms with Gasteiger partial charge in [-0.05, 0) is 30.5 Å². The van der Waals surface area contributed by atoms with Crippen LogP contribution in [0.3, 0.4) is 0 Å². The fourth-order valence-corrected chi connectivity index (χ4v) is 1.72. The Kier molecular flexibility index (Phi) is 2.11. The molecule has 0 aromatic heterocycles. The van der Waals surface area contributed by atoms with E-state index in [9.17, 15) is 4.79 Å². The molecule has 2 rings (SSSR count). The number of nitrogens with two attached hydrogens (primary N) is 1. The number of amides is 1. The zero-order valence-electron chi connectivity index (χ0n) is 7.50. The molecule has 1 fully saturated rings. The SMILES string of the molecule is NC(=O)OC1(c2cccc(Cl)c2)CC1. The molecule has 0 atom stereocenters. The van der Waals surface area contributed by atoms with Crippen molar-refractivity contribution >= 4 is 17.7 Å². The van der Waals surface area contributed by atoms with Crippen molar-refractivity contribution in [2.45, 2.75) is 18.4 Å². The Morgan fingerprint density at radius 2 is 2.21 bits per heavy atom. The average Bonchev–Trinajstić information content (AvgIpc) is 2.84. The topological polar surface area (TPSA) is 52.3 Å². The highest BCUT2D eigenvalue weighted by molar-refractivity contribution is 6.30. The zero-order chi connectivity index (χ0) is 10.2. The highest BCUT2D eigenvalue weighted by atomic mass is 35.5. The van der Waals surface area contributed by atoms with Gasteiger partial charge in [0.25, 0.3) is 0 Å². The van der Waals surface area contributed by atoms with Gasteiger partial charge in [-0.25, -0.2) is 4.79 Å². The predicted molar refractivity (Wildman–Crippen MR) is 53.0 cm³/mol. The van der Waals surface area contributed by atoms with E-state index in [1.165, 1.54) is 0 Å². The minimum absolute atomic E-state index is 0.503. The highest BCUT2D eigenvalue weighted by Crippen LogP contribution is 2.49. The first-order valence-electron chi connectivity index (χ1n) is 4.37. The molecule has 2 N–H and O–H groups in total. The molecule has 3 nitrogen and oxygen atoms in total. The van der Waals surface area contributed by atoms with Crippen LogP contribution in [0.2, 0.25) is 5.02 Å². The molecule has 1 aliphatic rings. The molecule has 1 aromatic carbocycles. The van der Waals surface area contributed by atoms with Gasteiger partial charge >= 0.3 is 6.09 Å². The molecular weight excluding hydrogens is 202 g/mol. The van der Waals surface area contributed by atoms with Crippen LogP contribution in [-0.2, 0) is 10.3 Å². The van der Waals surface area contributed by atoms with Crippen LogP contribution in [0.5, 0.6) is 0 Å². The van der Waals surface area contributed by atoms with Crippen molar-refractivity contribution in [2.24, 2.45) is 5.73 Å². The first kappa shape index (κ1) is 9.34. The number of rotatable bonds is 2. The van der Waals surface area contributed by atoms with E-state index in [0.717, 1.165) is 18.4 Å². The third-order valence-electron chi connectivity index (χ3n) is 2.35. The lowest BCUT2D eigenvalue weighted by Gasteiger charge is -2.15. The Labute approximate surface area is 86.8 Å². The van der Waals surface area contributed by atoms with Gasteiger partial charge in [-0.3, -0.25) is 0 Å². The van der Waals surface area contributed by atoms with E-state index >= 15 is 0 Å². The monoisotopic (exact) mass is 211 g/mol. The van der Waals surface area contributed by atoms with Crippen molar-refractivity contribution in [3.63, 3.8) is 0 Å². The van der Waals surface area contributed by atoms with E-state index < -0.39 is 11.7 Å². The lowest BCUT2D eigenvalue weighted by molar-refractivity contribution is 0.0900. The van der Waals surface area contributed by atoms with Crippen LogP contribution >= 0.6 is 11.6 Å². The maximum Gasteiger partial charge on any atom is 0.405 e. The number of benzene rings is 1. The summed E-state index contributed by atoms with van der Waals surface area (Å²) in [6.45, 7) is 0. The summed E-state index contributed by atoms with van der Waals surface area (Å²) < 4.78 is 5.07. The van der Waals surface area contributed by atoms with Gasteiger partial charge in [0.2, 0.25) is 0 Å². The third-order valence-corrected chi connectivity index (χ3v) is 2.59. The Balaban J connectivity index is 2.26. The fourth-order valence-electron chi connectivity index (χ4n) is 1.53. The molecular formula is C10H10ClNO2. The second-order valence-electron chi connectivity index (χ2n) is 3.43. The quantitative estimate of drug-likeness (QED) is 0.817. The van der Waals surface area contributed by atoms with Gasteiger partial charge in [0.05, 0.1) is 0 Å². The molecule has 1 aliphatic carbocycles. The van der Waals surface area contributed by atoms with Gasteiger partial charge in [0.15, 0.2) is 0 Å². The number of halogens is 1. The van der Waals surface area contributed by atoms with Gasteiger partial charge in [0, 0.05) is 5.02 Å². The average molecular weight is 212 g/mol. The van der Waals surface area contributed by atoms with Crippen LogP contribution in [0.1, 0.15) is 18.4 Å². The summed E-state index contributed by atoms with van der Waals surface area (Å²) in [4.78, 5) is 10.7. The summed E-state index contributed by atoms with van der Waals surface area (Å²) in [5.74, 6) is 0. The Morgan fingerprint density at radius 3 is 2.71 bits per heavy atom. The number of hydrogen-bond acceptors (Lipinski definition) is 2. The maximum absolute atomic E-state index is 10.7. The molecule has 1 amide bonds. The fraction of sp³-hybridized carbons (Fsp3) is 0.300. The van der Waals surface area contributed by atoms with Gasteiger partial charge in [-0.2, -0.15) is 0 Å². The van der Waals surface area contributed by atoms with Gasteiger partial charge in [0.1, 0.15) is 5.60 Å². The number of hydrogen-bond donors (Lipinski definition) is 1. The van der Waals surface area contributed by atoms with Crippen molar-refractivity contribution in [3.05, 3.63) is 34.9 Å². The second kappa shape index (κ2) is 3.17. The van der Waals surface area contributed by atoms with Gasteiger partial charge < -0.3 is 10.5 Å². The first-order chi connectivity index (χ1) is 6.62. The van der Waals surface area contributed by atoms with E-state index in [1.807, 2.05) is 12.1 Å². The van der Waals surface area contributed by atoms with Gasteiger partial charge in [-0.1, -0.05) is 23.7 Å². The number of carbonyl (C=O) groups excluding carboxylic acids is 1. The van der Waals surface area contributed by atoms with Crippen LogP contribution in [0.15, 0.2) is 24.3 Å². The number of carbonyl (C=O) groups is 1. The van der Waals surface area contributed by atoms with Gasteiger partial charge in [-0.15, -0.1) is 0 Å². The third kappa shape index (κ3) is 1.68. The minimum atomic E-state index is -0.734. The molecule has 0 radical (unpaired) electrons. The summed E-state index contributed by atoms with van der Waals surface area (Å²) in [5.41, 5.74) is 5.42. The van der Waals surface area contributed by atoms with Crippen molar-refractivity contribution in [1.29, 1.82) is 0 Å². The smallest absolute Gasteiger partial charge is 0.405 e. The van der Waals surface area contributed by atoms with Crippen LogP contribution in [0, 0.1) is 0 Å². The molecule has 74 valence electrons. The maximum atomic E-state index is 10.7. The molecule has 1 aromatic rings. The van der Waals surface area contributed by atoms with Crippen LogP contribution < -0.4 is 5.73 Å². The second-order valence-corrected chi connectivity index (χ2v) is 3.86. The van der Waals surface area contributed by atoms with Crippen molar-refractivity contribution in [2.75, 3.05) is 0 Å². The first-order valence-corrected chi connectivity index (χ1v) is 4.75. The van der Waals surface area contributed by atoms with Crippen molar-refractivity contribution in [3.8, 4) is 0 Å². The Hall–Kier alpha value is -1.22. The summed E-state index contributed by atoms with van der Waals surface area (Å²) in [5, 5.41) is 0.641. The highest BCUT2D eigenvalue weighted by Gasteiger charge is 2.48. The van der Waals surface area contributed by atoms with Crippen molar-refractivity contribution in [1.82, 2.24) is 0 Å². The van der Waals surface area contributed by atoms with Crippen LogP contribution in [0.4, 0.5) is 4.79 Å². The van der Waals surface area contributed by atoms with E-state index in [-0.39, 0.29) is 0 Å². The Bertz CT molecular complexity index is 374. The lowest BCUT2D eigenvalue weighted by Crippen LogP contribution is -2.22. The minimum Gasteiger partial charge on any atom is -0.438 e. The summed E-state index contributed by atoms with van der Waals surface area (Å²) in [6, 6.07) is 7.31. The lowest BCUT2D eigenvalue weighted by atomic mass is 10.1. The molecule has 0 heterocycles. The number of ether oxygens (including phenoxy) is 1. The number of primary amides is 1. The van der Waals surface area contributed by atoms with Crippen molar-refractivity contribution < 1.29 is 9.53 Å². The molecule has 14 heavy (non-hydrogen) atoms. The molecule has 0 bridgehead atoms. The summed E-state index contributed by atoms with van der Waals surface area (Å²) in [7, 11) is 0. The molecule has 4 heteroatoms. The van der Waals surface area contributed by atoms with Crippen LogP contribution in [0.25, 0.3) is 0 Å². The molecule has 0 saturated heterocycles. The van der Waals surface area contributed by atoms with E-state index in [0.29, 0.717) is 5.02 Å². The summed E-state index contributed by atoms with van der Waals surface area (Å²) >= 11 is 5.84. The van der Waals surface area contributed by atoms with E-state index in [2.05, 4.69) is 0 Å². The molecule has 0 unspecified atom stereocenters. The Morgan fingerprint density at radius 1 is 1.50 bits per heavy atom.